The fourth-order valence-corrected chi connectivity index (χ4v) is 1.58. The Hall–Kier alpha value is -0.890. The highest BCUT2D eigenvalue weighted by Gasteiger charge is 2.08. The van der Waals surface area contributed by atoms with E-state index in [-0.39, 0.29) is 0 Å². The van der Waals surface area contributed by atoms with Gasteiger partial charge in [0.25, 0.3) is 0 Å². The Balaban J connectivity index is 2.90. The predicted molar refractivity (Wildman–Crippen MR) is 63.1 cm³/mol. The fraction of sp³-hybridized carbons (Fsp3) is 0.500. The van der Waals surface area contributed by atoms with Gasteiger partial charge in [0.15, 0.2) is 0 Å². The maximum absolute atomic E-state index is 5.80. The Kier molecular flexibility index (Phi) is 4.76. The maximum Gasteiger partial charge on any atom is 0.122 e. The van der Waals surface area contributed by atoms with Gasteiger partial charge in [-0.05, 0) is 36.1 Å². The molecular formula is C12H17ClO2. The second-order valence-electron chi connectivity index (χ2n) is 3.64. The molecule has 1 unspecified atom stereocenters. The first-order chi connectivity index (χ1) is 7.21. The molecule has 0 heterocycles. The molecule has 1 aromatic rings. The van der Waals surface area contributed by atoms with Crippen LogP contribution in [-0.2, 0) is 6.42 Å². The molecule has 0 aliphatic heterocycles. The highest BCUT2D eigenvalue weighted by molar-refractivity contribution is 6.18. The van der Waals surface area contributed by atoms with Gasteiger partial charge in [-0.1, -0.05) is 6.92 Å². The molecule has 2 nitrogen and oxygen atoms in total. The molecule has 0 aliphatic carbocycles. The van der Waals surface area contributed by atoms with Crippen LogP contribution in [0.5, 0.6) is 11.5 Å². The average Bonchev–Trinajstić information content (AvgIpc) is 2.28. The summed E-state index contributed by atoms with van der Waals surface area (Å²) >= 11 is 5.80. The summed E-state index contributed by atoms with van der Waals surface area (Å²) < 4.78 is 10.5. The zero-order chi connectivity index (χ0) is 11.3. The minimum absolute atomic E-state index is 0.438. The van der Waals surface area contributed by atoms with Crippen LogP contribution in [0.4, 0.5) is 0 Å². The third kappa shape index (κ3) is 3.31. The Morgan fingerprint density at radius 2 is 2.00 bits per heavy atom. The van der Waals surface area contributed by atoms with Crippen molar-refractivity contribution in [3.8, 4) is 11.5 Å². The van der Waals surface area contributed by atoms with Crippen LogP contribution in [0.15, 0.2) is 18.2 Å². The van der Waals surface area contributed by atoms with Crippen molar-refractivity contribution in [1.29, 1.82) is 0 Å². The second kappa shape index (κ2) is 5.86. The lowest BCUT2D eigenvalue weighted by molar-refractivity contribution is 0.396. The van der Waals surface area contributed by atoms with Gasteiger partial charge in [0.05, 0.1) is 14.2 Å². The van der Waals surface area contributed by atoms with Crippen molar-refractivity contribution in [2.24, 2.45) is 5.92 Å². The van der Waals surface area contributed by atoms with E-state index < -0.39 is 0 Å². The van der Waals surface area contributed by atoms with E-state index in [1.165, 1.54) is 0 Å². The van der Waals surface area contributed by atoms with E-state index in [1.807, 2.05) is 18.2 Å². The highest BCUT2D eigenvalue weighted by Crippen LogP contribution is 2.26. The van der Waals surface area contributed by atoms with Crippen molar-refractivity contribution in [2.45, 2.75) is 13.3 Å². The first-order valence-electron chi connectivity index (χ1n) is 4.98. The largest absolute Gasteiger partial charge is 0.497 e. The summed E-state index contributed by atoms with van der Waals surface area (Å²) in [7, 11) is 3.34. The molecule has 0 N–H and O–H groups in total. The zero-order valence-corrected chi connectivity index (χ0v) is 10.2. The van der Waals surface area contributed by atoms with Crippen molar-refractivity contribution in [2.75, 3.05) is 20.1 Å². The normalized spacial score (nSPS) is 12.3. The Morgan fingerprint density at radius 3 is 2.53 bits per heavy atom. The van der Waals surface area contributed by atoms with E-state index in [9.17, 15) is 0 Å². The highest BCUT2D eigenvalue weighted by atomic mass is 35.5. The fourth-order valence-electron chi connectivity index (χ4n) is 1.47. The van der Waals surface area contributed by atoms with Crippen molar-refractivity contribution >= 4 is 11.6 Å². The summed E-state index contributed by atoms with van der Waals surface area (Å²) in [5, 5.41) is 0. The molecule has 1 atom stereocenters. The van der Waals surface area contributed by atoms with Crippen LogP contribution in [0.3, 0.4) is 0 Å². The molecule has 0 bridgehead atoms. The quantitative estimate of drug-likeness (QED) is 0.721. The van der Waals surface area contributed by atoms with Crippen LogP contribution in [0, 0.1) is 5.92 Å². The van der Waals surface area contributed by atoms with Crippen LogP contribution in [0.25, 0.3) is 0 Å². The Labute approximate surface area is 96.2 Å². The molecule has 1 aromatic carbocycles. The molecule has 0 spiro atoms. The summed E-state index contributed by atoms with van der Waals surface area (Å²) in [5.41, 5.74) is 1.14. The monoisotopic (exact) mass is 228 g/mol. The molecule has 84 valence electrons. The number of hydrogen-bond acceptors (Lipinski definition) is 2. The molecule has 15 heavy (non-hydrogen) atoms. The maximum atomic E-state index is 5.80. The van der Waals surface area contributed by atoms with Gasteiger partial charge < -0.3 is 9.47 Å². The molecule has 0 aliphatic rings. The van der Waals surface area contributed by atoms with Gasteiger partial charge >= 0.3 is 0 Å². The van der Waals surface area contributed by atoms with Crippen LogP contribution >= 0.6 is 11.6 Å². The SMILES string of the molecule is COc1ccc(OC)c(CC(C)CCl)c1. The molecule has 0 saturated heterocycles. The number of rotatable bonds is 5. The van der Waals surface area contributed by atoms with Gasteiger partial charge in [0.1, 0.15) is 11.5 Å². The minimum Gasteiger partial charge on any atom is -0.497 e. The average molecular weight is 229 g/mol. The number of halogens is 1. The molecule has 0 fully saturated rings. The Morgan fingerprint density at radius 1 is 1.27 bits per heavy atom. The topological polar surface area (TPSA) is 18.5 Å². The number of benzene rings is 1. The third-order valence-electron chi connectivity index (χ3n) is 2.32. The minimum atomic E-state index is 0.438. The summed E-state index contributed by atoms with van der Waals surface area (Å²) in [6, 6.07) is 5.82. The van der Waals surface area contributed by atoms with Gasteiger partial charge in [-0.3, -0.25) is 0 Å². The van der Waals surface area contributed by atoms with E-state index in [1.54, 1.807) is 14.2 Å². The first-order valence-corrected chi connectivity index (χ1v) is 5.51. The predicted octanol–water partition coefficient (Wildman–Crippen LogP) is 3.12. The van der Waals surface area contributed by atoms with Crippen LogP contribution in [0.2, 0.25) is 0 Å². The van der Waals surface area contributed by atoms with Gasteiger partial charge in [-0.15, -0.1) is 11.6 Å². The van der Waals surface area contributed by atoms with Gasteiger partial charge in [0, 0.05) is 5.88 Å². The van der Waals surface area contributed by atoms with E-state index in [2.05, 4.69) is 6.92 Å². The van der Waals surface area contributed by atoms with Crippen LogP contribution < -0.4 is 9.47 Å². The van der Waals surface area contributed by atoms with Crippen molar-refractivity contribution < 1.29 is 9.47 Å². The lowest BCUT2D eigenvalue weighted by Gasteiger charge is -2.13. The Bertz CT molecular complexity index is 312. The van der Waals surface area contributed by atoms with Gasteiger partial charge in [0.2, 0.25) is 0 Å². The van der Waals surface area contributed by atoms with Crippen molar-refractivity contribution in [3.05, 3.63) is 23.8 Å². The lowest BCUT2D eigenvalue weighted by Crippen LogP contribution is -2.03. The summed E-state index contributed by atoms with van der Waals surface area (Å²) in [4.78, 5) is 0. The molecule has 0 aromatic heterocycles. The van der Waals surface area contributed by atoms with E-state index in [0.717, 1.165) is 23.5 Å². The smallest absolute Gasteiger partial charge is 0.122 e. The summed E-state index contributed by atoms with van der Waals surface area (Å²) in [6.07, 6.45) is 0.907. The standard InChI is InChI=1S/C12H17ClO2/c1-9(8-13)6-10-7-11(14-2)4-5-12(10)15-3/h4-5,7,9H,6,8H2,1-3H3. The molecule has 3 heteroatoms. The molecule has 0 amide bonds. The van der Waals surface area contributed by atoms with E-state index in [4.69, 9.17) is 21.1 Å². The summed E-state index contributed by atoms with van der Waals surface area (Å²) in [6.45, 7) is 2.12. The number of methoxy groups -OCH3 is 2. The first kappa shape index (κ1) is 12.2. The van der Waals surface area contributed by atoms with E-state index >= 15 is 0 Å². The molecule has 0 saturated carbocycles. The van der Waals surface area contributed by atoms with Crippen molar-refractivity contribution in [1.82, 2.24) is 0 Å². The number of ether oxygens (including phenoxy) is 2. The van der Waals surface area contributed by atoms with Crippen LogP contribution in [0.1, 0.15) is 12.5 Å². The van der Waals surface area contributed by atoms with E-state index in [0.29, 0.717) is 11.8 Å². The molecule has 0 radical (unpaired) electrons. The summed E-state index contributed by atoms with van der Waals surface area (Å²) in [5.74, 6) is 2.84. The van der Waals surface area contributed by atoms with Gasteiger partial charge in [-0.25, -0.2) is 0 Å². The number of hydrogen-bond donors (Lipinski definition) is 0. The zero-order valence-electron chi connectivity index (χ0n) is 9.42. The second-order valence-corrected chi connectivity index (χ2v) is 3.95. The van der Waals surface area contributed by atoms with Crippen LogP contribution in [-0.4, -0.2) is 20.1 Å². The third-order valence-corrected chi connectivity index (χ3v) is 2.85. The molecular weight excluding hydrogens is 212 g/mol. The number of alkyl halides is 1. The van der Waals surface area contributed by atoms with Crippen molar-refractivity contribution in [3.63, 3.8) is 0 Å². The molecule has 1 rings (SSSR count). The van der Waals surface area contributed by atoms with Gasteiger partial charge in [-0.2, -0.15) is 0 Å². The lowest BCUT2D eigenvalue weighted by atomic mass is 10.0.